The molecule has 1 heterocycles. The lowest BCUT2D eigenvalue weighted by Gasteiger charge is -2.18. The molecule has 0 aromatic heterocycles. The molecule has 0 aliphatic carbocycles. The maximum absolute atomic E-state index is 11.7. The highest BCUT2D eigenvalue weighted by molar-refractivity contribution is 7.81. The van der Waals surface area contributed by atoms with Crippen molar-refractivity contribution in [2.75, 3.05) is 18.1 Å². The number of anilines is 1. The van der Waals surface area contributed by atoms with E-state index in [9.17, 15) is 4.79 Å². The first kappa shape index (κ1) is 12.1. The number of thiocarbonyl (C=S) groups is 1. The number of hydrogen-bond donors (Lipinski definition) is 0. The fraction of sp³-hybridized carbons (Fsp3) is 0.200. The van der Waals surface area contributed by atoms with Gasteiger partial charge >= 0.3 is 5.97 Å². The fourth-order valence-electron chi connectivity index (χ4n) is 2.47. The fourth-order valence-corrected chi connectivity index (χ4v) is 2.80. The van der Waals surface area contributed by atoms with Gasteiger partial charge in [0.05, 0.1) is 12.3 Å². The quantitative estimate of drug-likeness (QED) is 0.634. The molecule has 0 amide bonds. The Morgan fingerprint density at radius 3 is 2.74 bits per heavy atom. The van der Waals surface area contributed by atoms with Crippen LogP contribution in [0, 0.1) is 0 Å². The van der Waals surface area contributed by atoms with Crippen LogP contribution in [0.25, 0.3) is 10.8 Å². The minimum absolute atomic E-state index is 0.167. The minimum atomic E-state index is -0.255. The minimum Gasteiger partial charge on any atom is -0.465 e. The van der Waals surface area contributed by atoms with Crippen LogP contribution in [-0.4, -0.2) is 24.1 Å². The summed E-state index contributed by atoms with van der Waals surface area (Å²) in [6.07, 6.45) is 0. The number of hydrogen-bond acceptors (Lipinski definition) is 3. The molecule has 0 saturated heterocycles. The van der Waals surface area contributed by atoms with E-state index in [1.807, 2.05) is 29.2 Å². The highest BCUT2D eigenvalue weighted by Gasteiger charge is 2.28. The van der Waals surface area contributed by atoms with E-state index in [1.165, 1.54) is 0 Å². The van der Waals surface area contributed by atoms with Crippen LogP contribution in [0.1, 0.15) is 12.5 Å². The third-order valence-electron chi connectivity index (χ3n) is 3.24. The van der Waals surface area contributed by atoms with E-state index in [2.05, 4.69) is 12.1 Å². The Morgan fingerprint density at radius 2 is 2.00 bits per heavy atom. The van der Waals surface area contributed by atoms with Gasteiger partial charge in [0.15, 0.2) is 0 Å². The molecule has 0 radical (unpaired) electrons. The molecule has 3 rings (SSSR count). The number of nitrogens with zero attached hydrogens (tertiary/aromatic N) is 1. The van der Waals surface area contributed by atoms with E-state index in [0.29, 0.717) is 11.6 Å². The van der Waals surface area contributed by atoms with Crippen LogP contribution >= 0.6 is 12.2 Å². The second-order valence-corrected chi connectivity index (χ2v) is 4.76. The van der Waals surface area contributed by atoms with Crippen molar-refractivity contribution >= 4 is 39.6 Å². The Morgan fingerprint density at radius 1 is 1.26 bits per heavy atom. The smallest absolute Gasteiger partial charge is 0.325 e. The second-order valence-electron chi connectivity index (χ2n) is 4.38. The first-order valence-electron chi connectivity index (χ1n) is 6.21. The van der Waals surface area contributed by atoms with Gasteiger partial charge in [-0.2, -0.15) is 0 Å². The molecule has 4 heteroatoms. The van der Waals surface area contributed by atoms with Gasteiger partial charge in [0.2, 0.25) is 0 Å². The molecule has 96 valence electrons. The van der Waals surface area contributed by atoms with E-state index in [-0.39, 0.29) is 12.5 Å². The molecule has 0 atom stereocenters. The van der Waals surface area contributed by atoms with Gasteiger partial charge in [0, 0.05) is 10.9 Å². The van der Waals surface area contributed by atoms with Crippen molar-refractivity contribution in [2.45, 2.75) is 6.92 Å². The topological polar surface area (TPSA) is 29.5 Å². The predicted molar refractivity (Wildman–Crippen MR) is 79.6 cm³/mol. The summed E-state index contributed by atoms with van der Waals surface area (Å²) in [6.45, 7) is 2.35. The van der Waals surface area contributed by atoms with E-state index >= 15 is 0 Å². The highest BCUT2D eigenvalue weighted by atomic mass is 32.1. The van der Waals surface area contributed by atoms with Crippen LogP contribution < -0.4 is 4.90 Å². The summed E-state index contributed by atoms with van der Waals surface area (Å²) < 4.78 is 5.01. The van der Waals surface area contributed by atoms with Gasteiger partial charge in [0.1, 0.15) is 11.5 Å². The van der Waals surface area contributed by atoms with Crippen molar-refractivity contribution in [2.24, 2.45) is 0 Å². The molecule has 0 bridgehead atoms. The molecule has 19 heavy (non-hydrogen) atoms. The third-order valence-corrected chi connectivity index (χ3v) is 3.68. The lowest BCUT2D eigenvalue weighted by atomic mass is 10.1. The summed E-state index contributed by atoms with van der Waals surface area (Å²) in [7, 11) is 0. The van der Waals surface area contributed by atoms with Gasteiger partial charge in [-0.1, -0.05) is 42.5 Å². The monoisotopic (exact) mass is 271 g/mol. The van der Waals surface area contributed by atoms with Gasteiger partial charge in [-0.3, -0.25) is 4.79 Å². The van der Waals surface area contributed by atoms with E-state index in [4.69, 9.17) is 17.0 Å². The molecule has 0 unspecified atom stereocenters. The summed E-state index contributed by atoms with van der Waals surface area (Å²) in [5.41, 5.74) is 2.01. The summed E-state index contributed by atoms with van der Waals surface area (Å²) in [6, 6.07) is 12.1. The Labute approximate surface area is 116 Å². The van der Waals surface area contributed by atoms with E-state index in [1.54, 1.807) is 6.92 Å². The Bertz CT molecular complexity index is 676. The second kappa shape index (κ2) is 4.63. The van der Waals surface area contributed by atoms with E-state index in [0.717, 1.165) is 22.0 Å². The number of benzene rings is 2. The van der Waals surface area contributed by atoms with Crippen molar-refractivity contribution in [1.82, 2.24) is 0 Å². The maximum atomic E-state index is 11.7. The zero-order chi connectivity index (χ0) is 13.4. The maximum Gasteiger partial charge on any atom is 0.325 e. The first-order valence-corrected chi connectivity index (χ1v) is 6.62. The lowest BCUT2D eigenvalue weighted by Crippen LogP contribution is -2.32. The van der Waals surface area contributed by atoms with Crippen LogP contribution in [0.5, 0.6) is 0 Å². The Kier molecular flexibility index (Phi) is 2.95. The molecule has 2 aromatic rings. The van der Waals surface area contributed by atoms with Gasteiger partial charge in [-0.25, -0.2) is 0 Å². The Hall–Kier alpha value is -1.94. The zero-order valence-corrected chi connectivity index (χ0v) is 11.4. The molecule has 0 spiro atoms. The summed E-state index contributed by atoms with van der Waals surface area (Å²) in [5.74, 6) is -0.255. The van der Waals surface area contributed by atoms with Gasteiger partial charge in [-0.05, 0) is 18.4 Å². The lowest BCUT2D eigenvalue weighted by molar-refractivity contribution is -0.141. The zero-order valence-electron chi connectivity index (χ0n) is 10.6. The molecule has 2 aromatic carbocycles. The Balaban J connectivity index is 2.05. The number of carbonyl (C=O) groups excluding carboxylic acids is 1. The summed E-state index contributed by atoms with van der Waals surface area (Å²) >= 11 is 5.48. The normalized spacial score (nSPS) is 13.1. The van der Waals surface area contributed by atoms with Crippen LogP contribution in [0.4, 0.5) is 5.69 Å². The SMILES string of the molecule is CCOC(=O)CN1C(=S)c2cccc3cccc1c23. The third kappa shape index (κ3) is 1.88. The number of esters is 1. The average Bonchev–Trinajstić information content (AvgIpc) is 2.68. The molecular weight excluding hydrogens is 258 g/mol. The van der Waals surface area contributed by atoms with Crippen LogP contribution in [0.2, 0.25) is 0 Å². The molecule has 1 aliphatic heterocycles. The molecule has 0 fully saturated rings. The van der Waals surface area contributed by atoms with Gasteiger partial charge < -0.3 is 9.64 Å². The van der Waals surface area contributed by atoms with Crippen LogP contribution in [-0.2, 0) is 9.53 Å². The van der Waals surface area contributed by atoms with Crippen molar-refractivity contribution in [1.29, 1.82) is 0 Å². The number of rotatable bonds is 3. The molecule has 0 N–H and O–H groups in total. The molecule has 3 nitrogen and oxygen atoms in total. The largest absolute Gasteiger partial charge is 0.465 e. The van der Waals surface area contributed by atoms with Crippen molar-refractivity contribution < 1.29 is 9.53 Å². The predicted octanol–water partition coefficient (Wildman–Crippen LogP) is 2.90. The molecular formula is C15H13NO2S. The summed E-state index contributed by atoms with van der Waals surface area (Å²) in [4.78, 5) is 14.2. The van der Waals surface area contributed by atoms with E-state index < -0.39 is 0 Å². The van der Waals surface area contributed by atoms with Crippen molar-refractivity contribution in [3.8, 4) is 0 Å². The van der Waals surface area contributed by atoms with Gasteiger partial charge in [-0.15, -0.1) is 0 Å². The van der Waals surface area contributed by atoms with Crippen LogP contribution in [0.15, 0.2) is 36.4 Å². The molecule has 1 aliphatic rings. The number of ether oxygens (including phenoxy) is 1. The highest BCUT2D eigenvalue weighted by Crippen LogP contribution is 2.37. The summed E-state index contributed by atoms with van der Waals surface area (Å²) in [5, 5.41) is 2.27. The first-order chi connectivity index (χ1) is 9.22. The van der Waals surface area contributed by atoms with Gasteiger partial charge in [0.25, 0.3) is 0 Å². The van der Waals surface area contributed by atoms with Crippen molar-refractivity contribution in [3.63, 3.8) is 0 Å². The number of carbonyl (C=O) groups is 1. The standard InChI is InChI=1S/C15H13NO2S/c1-2-18-13(17)9-16-12-8-4-6-10-5-3-7-11(14(10)12)15(16)19/h3-8H,2,9H2,1H3. The van der Waals surface area contributed by atoms with Crippen molar-refractivity contribution in [3.05, 3.63) is 42.0 Å². The average molecular weight is 271 g/mol. The van der Waals surface area contributed by atoms with Crippen LogP contribution in [0.3, 0.4) is 0 Å². The molecule has 0 saturated carbocycles.